The van der Waals surface area contributed by atoms with Gasteiger partial charge in [0.2, 0.25) is 0 Å². The highest BCUT2D eigenvalue weighted by atomic mass is 16.5. The zero-order valence-corrected chi connectivity index (χ0v) is 15.2. The van der Waals surface area contributed by atoms with Gasteiger partial charge < -0.3 is 19.0 Å². The smallest absolute Gasteiger partial charge is 0.303 e. The number of rotatable bonds is 7. The van der Waals surface area contributed by atoms with E-state index in [1.54, 1.807) is 6.26 Å². The molecule has 2 aromatic carbocycles. The average molecular weight is 366 g/mol. The van der Waals surface area contributed by atoms with Gasteiger partial charge in [-0.2, -0.15) is 0 Å². The Morgan fingerprint density at radius 3 is 2.67 bits per heavy atom. The van der Waals surface area contributed by atoms with Crippen molar-refractivity contribution in [3.8, 4) is 11.5 Å². The Hall–Kier alpha value is -2.95. The largest absolute Gasteiger partial charge is 0.490 e. The number of aryl methyl sites for hydroxylation is 2. The van der Waals surface area contributed by atoms with E-state index in [9.17, 15) is 4.79 Å². The number of furan rings is 1. The Labute approximate surface area is 157 Å². The third-order valence-electron chi connectivity index (χ3n) is 5.10. The van der Waals surface area contributed by atoms with Crippen molar-refractivity contribution in [1.82, 2.24) is 0 Å². The maximum atomic E-state index is 11.0. The molecule has 0 radical (unpaired) electrons. The Bertz CT molecular complexity index is 972. The van der Waals surface area contributed by atoms with E-state index in [1.807, 2.05) is 43.3 Å². The van der Waals surface area contributed by atoms with Crippen LogP contribution in [0, 0.1) is 6.92 Å². The van der Waals surface area contributed by atoms with Crippen molar-refractivity contribution >= 4 is 16.9 Å². The fourth-order valence-corrected chi connectivity index (χ4v) is 3.74. The maximum Gasteiger partial charge on any atom is 0.303 e. The average Bonchev–Trinajstić information content (AvgIpc) is 3.22. The van der Waals surface area contributed by atoms with Crippen molar-refractivity contribution in [3.05, 3.63) is 59.4 Å². The summed E-state index contributed by atoms with van der Waals surface area (Å²) in [6.07, 6.45) is 3.74. The molecule has 3 aromatic rings. The Morgan fingerprint density at radius 2 is 1.89 bits per heavy atom. The molecule has 0 fully saturated rings. The summed E-state index contributed by atoms with van der Waals surface area (Å²) in [5.41, 5.74) is 4.27. The van der Waals surface area contributed by atoms with Gasteiger partial charge in [0, 0.05) is 11.5 Å². The summed E-state index contributed by atoms with van der Waals surface area (Å²) in [5, 5.41) is 10.1. The summed E-state index contributed by atoms with van der Waals surface area (Å²) in [7, 11) is 0. The monoisotopic (exact) mass is 366 g/mol. The van der Waals surface area contributed by atoms with Crippen LogP contribution in [0.1, 0.15) is 35.4 Å². The van der Waals surface area contributed by atoms with E-state index in [1.165, 1.54) is 5.56 Å². The number of carbonyl (C=O) groups is 1. The molecule has 1 aromatic heterocycles. The van der Waals surface area contributed by atoms with Crippen LogP contribution >= 0.6 is 0 Å². The van der Waals surface area contributed by atoms with Gasteiger partial charge in [-0.15, -0.1) is 0 Å². The molecule has 5 heteroatoms. The summed E-state index contributed by atoms with van der Waals surface area (Å²) in [6, 6.07) is 11.8. The molecule has 1 aliphatic rings. The summed E-state index contributed by atoms with van der Waals surface area (Å²) < 4.78 is 17.0. The van der Waals surface area contributed by atoms with Crippen LogP contribution < -0.4 is 9.47 Å². The van der Waals surface area contributed by atoms with Crippen LogP contribution in [0.2, 0.25) is 0 Å². The number of carboxylic acids is 1. The molecule has 0 amide bonds. The van der Waals surface area contributed by atoms with Crippen LogP contribution in [0.4, 0.5) is 0 Å². The molecule has 0 bridgehead atoms. The lowest BCUT2D eigenvalue weighted by atomic mass is 9.98. The number of hydrogen-bond donors (Lipinski definition) is 1. The van der Waals surface area contributed by atoms with E-state index in [0.717, 1.165) is 46.4 Å². The van der Waals surface area contributed by atoms with Crippen molar-refractivity contribution < 1.29 is 23.8 Å². The highest BCUT2D eigenvalue weighted by Gasteiger charge is 2.24. The molecule has 27 heavy (non-hydrogen) atoms. The summed E-state index contributed by atoms with van der Waals surface area (Å²) >= 11 is 0. The van der Waals surface area contributed by atoms with E-state index in [4.69, 9.17) is 19.0 Å². The highest BCUT2D eigenvalue weighted by molar-refractivity contribution is 5.82. The molecule has 1 heterocycles. The summed E-state index contributed by atoms with van der Waals surface area (Å²) in [5.74, 6) is 0.930. The van der Waals surface area contributed by atoms with E-state index >= 15 is 0 Å². The SMILES string of the molecule is Cc1coc2cc(OCCOc3ccc4c(c3)CC[C@H]4CC(=O)O)ccc12. The number of carboxylic acid groups (broad SMARTS) is 1. The first-order valence-electron chi connectivity index (χ1n) is 9.18. The number of benzene rings is 2. The molecule has 140 valence electrons. The van der Waals surface area contributed by atoms with Crippen LogP contribution in [0.3, 0.4) is 0 Å². The molecule has 0 aliphatic heterocycles. The number of fused-ring (bicyclic) bond motifs is 2. The number of ether oxygens (including phenoxy) is 2. The van der Waals surface area contributed by atoms with Crippen LogP contribution in [0.5, 0.6) is 11.5 Å². The fraction of sp³-hybridized carbons (Fsp3) is 0.318. The Balaban J connectivity index is 1.31. The standard InChI is InChI=1S/C22H22O5/c1-14-13-27-21-12-18(4-6-19(14)21)26-9-8-25-17-5-7-20-15(10-17)2-3-16(20)11-22(23)24/h4-7,10,12-13,16H,2-3,8-9,11H2,1H3,(H,23,24)/t16-/m0/s1. The first-order valence-corrected chi connectivity index (χ1v) is 9.18. The predicted octanol–water partition coefficient (Wildman–Crippen LogP) is 4.70. The van der Waals surface area contributed by atoms with Gasteiger partial charge in [-0.25, -0.2) is 0 Å². The molecule has 5 nitrogen and oxygen atoms in total. The number of aliphatic carboxylic acids is 1. The Kier molecular flexibility index (Phi) is 4.75. The fourth-order valence-electron chi connectivity index (χ4n) is 3.74. The van der Waals surface area contributed by atoms with Gasteiger partial charge in [0.1, 0.15) is 30.3 Å². The van der Waals surface area contributed by atoms with Crippen molar-refractivity contribution in [1.29, 1.82) is 0 Å². The van der Waals surface area contributed by atoms with Gasteiger partial charge in [0.15, 0.2) is 0 Å². The molecule has 0 spiro atoms. The lowest BCUT2D eigenvalue weighted by Gasteiger charge is -2.11. The van der Waals surface area contributed by atoms with Gasteiger partial charge in [-0.3, -0.25) is 4.79 Å². The van der Waals surface area contributed by atoms with Gasteiger partial charge in [-0.1, -0.05) is 6.07 Å². The topological polar surface area (TPSA) is 68.9 Å². The maximum absolute atomic E-state index is 11.0. The molecule has 1 aliphatic carbocycles. The van der Waals surface area contributed by atoms with Crippen LogP contribution in [-0.4, -0.2) is 24.3 Å². The van der Waals surface area contributed by atoms with E-state index in [0.29, 0.717) is 13.2 Å². The van der Waals surface area contributed by atoms with Crippen molar-refractivity contribution in [2.45, 2.75) is 32.1 Å². The van der Waals surface area contributed by atoms with Gasteiger partial charge in [0.05, 0.1) is 12.7 Å². The third kappa shape index (κ3) is 3.77. The first-order chi connectivity index (χ1) is 13.1. The van der Waals surface area contributed by atoms with Crippen molar-refractivity contribution in [2.24, 2.45) is 0 Å². The number of hydrogen-bond acceptors (Lipinski definition) is 4. The second kappa shape index (κ2) is 7.35. The minimum absolute atomic E-state index is 0.120. The predicted molar refractivity (Wildman–Crippen MR) is 102 cm³/mol. The summed E-state index contributed by atoms with van der Waals surface area (Å²) in [4.78, 5) is 11.0. The van der Waals surface area contributed by atoms with Gasteiger partial charge in [-0.05, 0) is 66.6 Å². The molecule has 1 N–H and O–H groups in total. The van der Waals surface area contributed by atoms with Gasteiger partial charge in [0.25, 0.3) is 0 Å². The molecule has 1 atom stereocenters. The highest BCUT2D eigenvalue weighted by Crippen LogP contribution is 2.37. The quantitative estimate of drug-likeness (QED) is 0.614. The zero-order valence-electron chi connectivity index (χ0n) is 15.2. The lowest BCUT2D eigenvalue weighted by molar-refractivity contribution is -0.137. The minimum Gasteiger partial charge on any atom is -0.490 e. The lowest BCUT2D eigenvalue weighted by Crippen LogP contribution is -2.09. The molecular formula is C22H22O5. The molecule has 0 unspecified atom stereocenters. The molecule has 4 rings (SSSR count). The van der Waals surface area contributed by atoms with E-state index in [-0.39, 0.29) is 12.3 Å². The second-order valence-corrected chi connectivity index (χ2v) is 6.97. The van der Waals surface area contributed by atoms with Crippen LogP contribution in [0.25, 0.3) is 11.0 Å². The molecule has 0 saturated carbocycles. The van der Waals surface area contributed by atoms with Gasteiger partial charge >= 0.3 is 5.97 Å². The third-order valence-corrected chi connectivity index (χ3v) is 5.10. The zero-order chi connectivity index (χ0) is 18.8. The second-order valence-electron chi connectivity index (χ2n) is 6.97. The van der Waals surface area contributed by atoms with Crippen LogP contribution in [0.15, 0.2) is 47.1 Å². The van der Waals surface area contributed by atoms with Crippen molar-refractivity contribution in [2.75, 3.05) is 13.2 Å². The minimum atomic E-state index is -0.742. The normalized spacial score (nSPS) is 15.7. The van der Waals surface area contributed by atoms with E-state index < -0.39 is 5.97 Å². The molecular weight excluding hydrogens is 344 g/mol. The first kappa shape index (κ1) is 17.5. The Morgan fingerprint density at radius 1 is 1.15 bits per heavy atom. The van der Waals surface area contributed by atoms with E-state index in [2.05, 4.69) is 0 Å². The van der Waals surface area contributed by atoms with Crippen LogP contribution in [-0.2, 0) is 11.2 Å². The molecule has 0 saturated heterocycles. The summed E-state index contributed by atoms with van der Waals surface area (Å²) in [6.45, 7) is 2.89. The van der Waals surface area contributed by atoms with Crippen molar-refractivity contribution in [3.63, 3.8) is 0 Å².